The molecular weight excluding hydrogens is 182 g/mol. The predicted molar refractivity (Wildman–Crippen MR) is 52.3 cm³/mol. The van der Waals surface area contributed by atoms with E-state index in [1.54, 1.807) is 6.07 Å². The summed E-state index contributed by atoms with van der Waals surface area (Å²) in [6.45, 7) is 2.15. The van der Waals surface area contributed by atoms with Crippen molar-refractivity contribution in [1.82, 2.24) is 4.57 Å². The molecule has 1 N–H and O–H groups in total. The fraction of sp³-hybridized carbons (Fsp3) is 0.300. The third-order valence-corrected chi connectivity index (χ3v) is 2.15. The monoisotopic (exact) mass is 193 g/mol. The van der Waals surface area contributed by atoms with Gasteiger partial charge < -0.3 is 9.52 Å². The number of rotatable bonds is 2. The summed E-state index contributed by atoms with van der Waals surface area (Å²) < 4.78 is 6.44. The van der Waals surface area contributed by atoms with Crippen molar-refractivity contribution < 1.29 is 9.52 Å². The smallest absolute Gasteiger partial charge is 0.408 e. The fourth-order valence-corrected chi connectivity index (χ4v) is 1.48. The molecule has 74 valence electrons. The first-order valence-electron chi connectivity index (χ1n) is 4.43. The number of aromatic nitrogens is 1. The average Bonchev–Trinajstić information content (AvgIpc) is 2.45. The third-order valence-electron chi connectivity index (χ3n) is 2.15. The molecule has 2 rings (SSSR count). The van der Waals surface area contributed by atoms with E-state index in [0.717, 1.165) is 11.1 Å². The van der Waals surface area contributed by atoms with Gasteiger partial charge in [0.05, 0.1) is 18.7 Å². The highest BCUT2D eigenvalue weighted by atomic mass is 16.4. The minimum atomic E-state index is -0.417. The topological polar surface area (TPSA) is 55.4 Å². The number of benzene rings is 1. The van der Waals surface area contributed by atoms with Crippen molar-refractivity contribution in [3.8, 4) is 0 Å². The Bertz CT molecular complexity index is 510. The summed E-state index contributed by atoms with van der Waals surface area (Å²) in [5, 5.41) is 8.79. The summed E-state index contributed by atoms with van der Waals surface area (Å²) in [7, 11) is 0. The van der Waals surface area contributed by atoms with Gasteiger partial charge in [0.2, 0.25) is 0 Å². The molecule has 0 saturated heterocycles. The van der Waals surface area contributed by atoms with Crippen LogP contribution >= 0.6 is 0 Å². The molecule has 4 nitrogen and oxygen atoms in total. The predicted octanol–water partition coefficient (Wildman–Crippen LogP) is 0.895. The minimum Gasteiger partial charge on any atom is -0.408 e. The summed E-state index contributed by atoms with van der Waals surface area (Å²) in [6.07, 6.45) is 0. The molecule has 0 radical (unpaired) electrons. The van der Waals surface area contributed by atoms with Gasteiger partial charge in [-0.2, -0.15) is 0 Å². The highest BCUT2D eigenvalue weighted by Gasteiger charge is 2.07. The first-order valence-corrected chi connectivity index (χ1v) is 4.43. The summed E-state index contributed by atoms with van der Waals surface area (Å²) in [4.78, 5) is 11.3. The van der Waals surface area contributed by atoms with Gasteiger partial charge in [0.1, 0.15) is 0 Å². The SMILES string of the molecule is Cc1ccc2oc(=O)n(CCO)c2c1. The Morgan fingerprint density at radius 1 is 1.50 bits per heavy atom. The zero-order valence-electron chi connectivity index (χ0n) is 7.86. The van der Waals surface area contributed by atoms with Crippen molar-refractivity contribution in [3.63, 3.8) is 0 Å². The molecule has 14 heavy (non-hydrogen) atoms. The van der Waals surface area contributed by atoms with E-state index in [0.29, 0.717) is 5.58 Å². The minimum absolute atomic E-state index is 0.0670. The van der Waals surface area contributed by atoms with Gasteiger partial charge in [-0.15, -0.1) is 0 Å². The maximum absolute atomic E-state index is 11.3. The Hall–Kier alpha value is -1.55. The Balaban J connectivity index is 2.73. The number of hydrogen-bond donors (Lipinski definition) is 1. The molecule has 1 aromatic heterocycles. The molecule has 4 heteroatoms. The molecule has 0 fully saturated rings. The molecule has 0 aliphatic rings. The molecule has 0 atom stereocenters. The number of fused-ring (bicyclic) bond motifs is 1. The third kappa shape index (κ3) is 1.33. The van der Waals surface area contributed by atoms with Gasteiger partial charge in [-0.25, -0.2) is 4.79 Å². The molecule has 0 aliphatic heterocycles. The largest absolute Gasteiger partial charge is 0.420 e. The van der Waals surface area contributed by atoms with Crippen LogP contribution in [0.3, 0.4) is 0 Å². The Labute approximate surface area is 80.4 Å². The van der Waals surface area contributed by atoms with Crippen LogP contribution in [0.2, 0.25) is 0 Å². The molecule has 1 heterocycles. The zero-order valence-corrected chi connectivity index (χ0v) is 7.86. The summed E-state index contributed by atoms with van der Waals surface area (Å²) in [5.41, 5.74) is 2.36. The van der Waals surface area contributed by atoms with E-state index in [4.69, 9.17) is 9.52 Å². The number of hydrogen-bond acceptors (Lipinski definition) is 3. The lowest BCUT2D eigenvalue weighted by Gasteiger charge is -1.98. The van der Waals surface area contributed by atoms with Crippen LogP contribution in [0, 0.1) is 6.92 Å². The van der Waals surface area contributed by atoms with E-state index in [1.165, 1.54) is 4.57 Å². The first-order chi connectivity index (χ1) is 6.72. The van der Waals surface area contributed by atoms with Gasteiger partial charge in [0, 0.05) is 0 Å². The fourth-order valence-electron chi connectivity index (χ4n) is 1.48. The van der Waals surface area contributed by atoms with Crippen molar-refractivity contribution in [3.05, 3.63) is 34.3 Å². The van der Waals surface area contributed by atoms with E-state index < -0.39 is 5.76 Å². The Kier molecular flexibility index (Phi) is 2.13. The van der Waals surface area contributed by atoms with Gasteiger partial charge >= 0.3 is 5.76 Å². The van der Waals surface area contributed by atoms with Crippen LogP contribution in [0.15, 0.2) is 27.4 Å². The lowest BCUT2D eigenvalue weighted by Crippen LogP contribution is -2.16. The van der Waals surface area contributed by atoms with Gasteiger partial charge in [-0.3, -0.25) is 4.57 Å². The summed E-state index contributed by atoms with van der Waals surface area (Å²) >= 11 is 0. The van der Waals surface area contributed by atoms with Gasteiger partial charge in [0.15, 0.2) is 5.58 Å². The quantitative estimate of drug-likeness (QED) is 0.770. The number of oxazole rings is 1. The molecular formula is C10H11NO3. The van der Waals surface area contributed by atoms with Crippen molar-refractivity contribution in [1.29, 1.82) is 0 Å². The second-order valence-corrected chi connectivity index (χ2v) is 3.21. The average molecular weight is 193 g/mol. The molecule has 0 bridgehead atoms. The first kappa shape index (κ1) is 9.02. The normalized spacial score (nSPS) is 11.0. The standard InChI is InChI=1S/C10H11NO3/c1-7-2-3-9-8(6-7)11(4-5-12)10(13)14-9/h2-3,6,12H,4-5H2,1H3. The lowest BCUT2D eigenvalue weighted by molar-refractivity contribution is 0.272. The Morgan fingerprint density at radius 3 is 3.00 bits per heavy atom. The number of nitrogens with zero attached hydrogens (tertiary/aromatic N) is 1. The van der Waals surface area contributed by atoms with Gasteiger partial charge in [-0.1, -0.05) is 6.07 Å². The lowest BCUT2D eigenvalue weighted by atomic mass is 10.2. The highest BCUT2D eigenvalue weighted by molar-refractivity contribution is 5.73. The van der Waals surface area contributed by atoms with Crippen molar-refractivity contribution in [2.75, 3.05) is 6.61 Å². The molecule has 0 spiro atoms. The van der Waals surface area contributed by atoms with Crippen molar-refractivity contribution in [2.45, 2.75) is 13.5 Å². The van der Waals surface area contributed by atoms with E-state index in [9.17, 15) is 4.79 Å². The molecule has 1 aromatic carbocycles. The molecule has 2 aromatic rings. The van der Waals surface area contributed by atoms with E-state index in [-0.39, 0.29) is 13.2 Å². The van der Waals surface area contributed by atoms with E-state index in [2.05, 4.69) is 0 Å². The Morgan fingerprint density at radius 2 is 2.29 bits per heavy atom. The summed E-state index contributed by atoms with van der Waals surface area (Å²) in [6, 6.07) is 5.52. The van der Waals surface area contributed by atoms with Crippen molar-refractivity contribution >= 4 is 11.1 Å². The molecule has 0 amide bonds. The van der Waals surface area contributed by atoms with Crippen LogP contribution in [-0.2, 0) is 6.54 Å². The van der Waals surface area contributed by atoms with Crippen LogP contribution in [0.4, 0.5) is 0 Å². The number of aliphatic hydroxyl groups excluding tert-OH is 1. The highest BCUT2D eigenvalue weighted by Crippen LogP contribution is 2.14. The number of aliphatic hydroxyl groups is 1. The maximum atomic E-state index is 11.3. The maximum Gasteiger partial charge on any atom is 0.420 e. The second-order valence-electron chi connectivity index (χ2n) is 3.21. The van der Waals surface area contributed by atoms with Crippen molar-refractivity contribution in [2.24, 2.45) is 0 Å². The molecule has 0 unspecified atom stereocenters. The second kappa shape index (κ2) is 3.31. The molecule has 0 aliphatic carbocycles. The zero-order chi connectivity index (χ0) is 10.1. The molecule has 0 saturated carbocycles. The van der Waals surface area contributed by atoms with Crippen LogP contribution < -0.4 is 5.76 Å². The summed E-state index contributed by atoms with van der Waals surface area (Å²) in [5.74, 6) is -0.417. The van der Waals surface area contributed by atoms with Gasteiger partial charge in [0.25, 0.3) is 0 Å². The van der Waals surface area contributed by atoms with E-state index >= 15 is 0 Å². The van der Waals surface area contributed by atoms with E-state index in [1.807, 2.05) is 19.1 Å². The van der Waals surface area contributed by atoms with Crippen LogP contribution in [0.1, 0.15) is 5.56 Å². The van der Waals surface area contributed by atoms with Crippen LogP contribution in [0.5, 0.6) is 0 Å². The van der Waals surface area contributed by atoms with Crippen LogP contribution in [-0.4, -0.2) is 16.3 Å². The van der Waals surface area contributed by atoms with Gasteiger partial charge in [-0.05, 0) is 24.6 Å². The van der Waals surface area contributed by atoms with Crippen LogP contribution in [0.25, 0.3) is 11.1 Å². The number of aryl methyl sites for hydroxylation is 1.